The summed E-state index contributed by atoms with van der Waals surface area (Å²) in [5.41, 5.74) is 0.935. The number of rotatable bonds is 6. The maximum atomic E-state index is 12.5. The van der Waals surface area contributed by atoms with Gasteiger partial charge in [-0.3, -0.25) is 5.10 Å². The summed E-state index contributed by atoms with van der Waals surface area (Å²) in [5.74, 6) is 0.399. The van der Waals surface area contributed by atoms with Gasteiger partial charge in [0.2, 0.25) is 0 Å². The number of H-pyrrole nitrogens is 1. The molecular formula is C14H25N3O3S. The fourth-order valence-corrected chi connectivity index (χ4v) is 4.72. The summed E-state index contributed by atoms with van der Waals surface area (Å²) in [6, 6.07) is -0.0566. The summed E-state index contributed by atoms with van der Waals surface area (Å²) < 4.78 is 27.9. The van der Waals surface area contributed by atoms with Crippen LogP contribution in [0.2, 0.25) is 0 Å². The first-order valence-electron chi connectivity index (χ1n) is 7.66. The van der Waals surface area contributed by atoms with Gasteiger partial charge >= 0.3 is 0 Å². The molecule has 1 aromatic rings. The Balaban J connectivity index is 2.18. The molecule has 1 heterocycles. The van der Waals surface area contributed by atoms with Crippen molar-refractivity contribution in [2.45, 2.75) is 70.0 Å². The SMILES string of the molecule is CCC(NS(=O)(=O)c1n[nH]c(C)c1CO)C1CCCCC1. The maximum absolute atomic E-state index is 12.5. The Morgan fingerprint density at radius 2 is 2.05 bits per heavy atom. The molecule has 6 nitrogen and oxygen atoms in total. The van der Waals surface area contributed by atoms with E-state index in [0.29, 0.717) is 17.2 Å². The molecule has 0 bridgehead atoms. The van der Waals surface area contributed by atoms with E-state index >= 15 is 0 Å². The number of nitrogens with zero attached hydrogens (tertiary/aromatic N) is 1. The lowest BCUT2D eigenvalue weighted by molar-refractivity contribution is 0.276. The molecule has 1 aliphatic rings. The summed E-state index contributed by atoms with van der Waals surface area (Å²) >= 11 is 0. The van der Waals surface area contributed by atoms with Crippen LogP contribution in [0.15, 0.2) is 5.03 Å². The third-order valence-electron chi connectivity index (χ3n) is 4.41. The van der Waals surface area contributed by atoms with Crippen LogP contribution in [0.1, 0.15) is 56.7 Å². The van der Waals surface area contributed by atoms with Gasteiger partial charge in [0.25, 0.3) is 10.0 Å². The van der Waals surface area contributed by atoms with Crippen molar-refractivity contribution in [2.75, 3.05) is 0 Å². The van der Waals surface area contributed by atoms with Gasteiger partial charge in [-0.25, -0.2) is 13.1 Å². The molecule has 0 aliphatic heterocycles. The molecule has 0 aromatic carbocycles. The van der Waals surface area contributed by atoms with Crippen LogP contribution >= 0.6 is 0 Å². The first-order valence-corrected chi connectivity index (χ1v) is 9.15. The van der Waals surface area contributed by atoms with Gasteiger partial charge in [-0.15, -0.1) is 0 Å². The van der Waals surface area contributed by atoms with Crippen LogP contribution in [0, 0.1) is 12.8 Å². The van der Waals surface area contributed by atoms with E-state index in [-0.39, 0.29) is 17.7 Å². The predicted molar refractivity (Wildman–Crippen MR) is 80.2 cm³/mol. The van der Waals surface area contributed by atoms with Gasteiger partial charge < -0.3 is 5.11 Å². The number of aryl methyl sites for hydroxylation is 1. The zero-order valence-corrected chi connectivity index (χ0v) is 13.5. The van der Waals surface area contributed by atoms with E-state index in [2.05, 4.69) is 14.9 Å². The molecule has 0 saturated heterocycles. The van der Waals surface area contributed by atoms with Crippen LogP contribution in [0.25, 0.3) is 0 Å². The summed E-state index contributed by atoms with van der Waals surface area (Å²) in [5, 5.41) is 15.8. The molecule has 0 spiro atoms. The van der Waals surface area contributed by atoms with Crippen molar-refractivity contribution in [2.24, 2.45) is 5.92 Å². The van der Waals surface area contributed by atoms with Gasteiger partial charge in [0.05, 0.1) is 6.61 Å². The van der Waals surface area contributed by atoms with E-state index in [4.69, 9.17) is 0 Å². The van der Waals surface area contributed by atoms with Gasteiger partial charge in [0.1, 0.15) is 0 Å². The van der Waals surface area contributed by atoms with Crippen LogP contribution in [-0.2, 0) is 16.6 Å². The highest BCUT2D eigenvalue weighted by Crippen LogP contribution is 2.29. The van der Waals surface area contributed by atoms with E-state index in [1.165, 1.54) is 19.3 Å². The van der Waals surface area contributed by atoms with Crippen molar-refractivity contribution in [3.63, 3.8) is 0 Å². The molecule has 2 rings (SSSR count). The number of aliphatic hydroxyl groups is 1. The highest BCUT2D eigenvalue weighted by molar-refractivity contribution is 7.89. The van der Waals surface area contributed by atoms with Crippen molar-refractivity contribution in [3.8, 4) is 0 Å². The normalized spacial score (nSPS) is 18.8. The minimum atomic E-state index is -3.70. The second kappa shape index (κ2) is 6.89. The smallest absolute Gasteiger partial charge is 0.260 e. The van der Waals surface area contributed by atoms with Gasteiger partial charge in [0, 0.05) is 17.3 Å². The molecule has 3 N–H and O–H groups in total. The molecule has 7 heteroatoms. The van der Waals surface area contributed by atoms with Crippen molar-refractivity contribution in [1.29, 1.82) is 0 Å². The van der Waals surface area contributed by atoms with Gasteiger partial charge in [-0.2, -0.15) is 5.10 Å². The first-order chi connectivity index (χ1) is 9.99. The molecule has 21 heavy (non-hydrogen) atoms. The molecule has 1 fully saturated rings. The van der Waals surface area contributed by atoms with E-state index in [0.717, 1.165) is 19.3 Å². The molecule has 0 amide bonds. The zero-order chi connectivity index (χ0) is 15.5. The minimum absolute atomic E-state index is 0.0566. The summed E-state index contributed by atoms with van der Waals surface area (Å²) in [7, 11) is -3.70. The molecule has 1 atom stereocenters. The number of aliphatic hydroxyl groups excluding tert-OH is 1. The lowest BCUT2D eigenvalue weighted by Gasteiger charge is -2.29. The summed E-state index contributed by atoms with van der Waals surface area (Å²) in [4.78, 5) is 0. The number of aromatic nitrogens is 2. The van der Waals surface area contributed by atoms with Crippen molar-refractivity contribution < 1.29 is 13.5 Å². The number of aromatic amines is 1. The fraction of sp³-hybridized carbons (Fsp3) is 0.786. The average molecular weight is 315 g/mol. The Kier molecular flexibility index (Phi) is 5.40. The summed E-state index contributed by atoms with van der Waals surface area (Å²) in [6.07, 6.45) is 6.51. The van der Waals surface area contributed by atoms with Crippen LogP contribution in [0.4, 0.5) is 0 Å². The largest absolute Gasteiger partial charge is 0.392 e. The Morgan fingerprint density at radius 3 is 2.62 bits per heavy atom. The predicted octanol–water partition coefficient (Wildman–Crippen LogP) is 1.85. The molecule has 1 aromatic heterocycles. The Bertz CT molecular complexity index is 562. The number of sulfonamides is 1. The Hall–Kier alpha value is -0.920. The molecule has 1 aliphatic carbocycles. The zero-order valence-electron chi connectivity index (χ0n) is 12.7. The van der Waals surface area contributed by atoms with Gasteiger partial charge in [-0.1, -0.05) is 26.2 Å². The lowest BCUT2D eigenvalue weighted by atomic mass is 9.83. The highest BCUT2D eigenvalue weighted by atomic mass is 32.2. The van der Waals surface area contributed by atoms with Crippen LogP contribution in [0.5, 0.6) is 0 Å². The topological polar surface area (TPSA) is 95.1 Å². The van der Waals surface area contributed by atoms with E-state index in [1.807, 2.05) is 6.92 Å². The van der Waals surface area contributed by atoms with Gasteiger partial charge in [-0.05, 0) is 32.1 Å². The van der Waals surface area contributed by atoms with E-state index < -0.39 is 10.0 Å². The summed E-state index contributed by atoms with van der Waals surface area (Å²) in [6.45, 7) is 3.37. The molecule has 1 unspecified atom stereocenters. The van der Waals surface area contributed by atoms with Gasteiger partial charge in [0.15, 0.2) is 5.03 Å². The number of hydrogen-bond donors (Lipinski definition) is 3. The molecule has 0 radical (unpaired) electrons. The second-order valence-corrected chi connectivity index (χ2v) is 7.45. The number of nitrogens with one attached hydrogen (secondary N) is 2. The monoisotopic (exact) mass is 315 g/mol. The maximum Gasteiger partial charge on any atom is 0.260 e. The third kappa shape index (κ3) is 3.64. The average Bonchev–Trinajstić information content (AvgIpc) is 2.87. The quantitative estimate of drug-likeness (QED) is 0.746. The van der Waals surface area contributed by atoms with Crippen LogP contribution in [-0.4, -0.2) is 29.8 Å². The Morgan fingerprint density at radius 1 is 1.38 bits per heavy atom. The lowest BCUT2D eigenvalue weighted by Crippen LogP contribution is -2.41. The third-order valence-corrected chi connectivity index (χ3v) is 5.87. The molecule has 120 valence electrons. The first kappa shape index (κ1) is 16.5. The van der Waals surface area contributed by atoms with Crippen molar-refractivity contribution >= 4 is 10.0 Å². The van der Waals surface area contributed by atoms with E-state index in [9.17, 15) is 13.5 Å². The van der Waals surface area contributed by atoms with Crippen molar-refractivity contribution in [1.82, 2.24) is 14.9 Å². The molecule has 1 saturated carbocycles. The standard InChI is InChI=1S/C14H25N3O3S/c1-3-13(11-7-5-4-6-8-11)17-21(19,20)14-12(9-18)10(2)15-16-14/h11,13,17-18H,3-9H2,1-2H3,(H,15,16). The van der Waals surface area contributed by atoms with E-state index in [1.54, 1.807) is 6.92 Å². The van der Waals surface area contributed by atoms with Crippen molar-refractivity contribution in [3.05, 3.63) is 11.3 Å². The molecular weight excluding hydrogens is 290 g/mol. The van der Waals surface area contributed by atoms with Crippen LogP contribution < -0.4 is 4.72 Å². The number of hydrogen-bond acceptors (Lipinski definition) is 4. The Labute approximate surface area is 126 Å². The highest BCUT2D eigenvalue weighted by Gasteiger charge is 2.30. The fourth-order valence-electron chi connectivity index (χ4n) is 3.14. The second-order valence-electron chi connectivity index (χ2n) is 5.82. The minimum Gasteiger partial charge on any atom is -0.392 e. The van der Waals surface area contributed by atoms with Crippen LogP contribution in [0.3, 0.4) is 0 Å².